The highest BCUT2D eigenvalue weighted by Crippen LogP contribution is 2.23. The molecule has 1 N–H and O–H groups in total. The van der Waals surface area contributed by atoms with E-state index in [1.807, 2.05) is 0 Å². The lowest BCUT2D eigenvalue weighted by Gasteiger charge is -1.94. The van der Waals surface area contributed by atoms with Crippen LogP contribution in [0.4, 0.5) is 0 Å². The maximum Gasteiger partial charge on any atom is 0.231 e. The standard InChI is InChI=1S/C7H5ClN4O2/c8-6-5-4(2-12(13)14)1-9-7(5)11-3-10-6/h1,3H,2H2,(H,9,10,11). The highest BCUT2D eigenvalue weighted by atomic mass is 35.5. The average molecular weight is 213 g/mol. The molecule has 2 aromatic rings. The Morgan fingerprint density at radius 2 is 2.36 bits per heavy atom. The van der Waals surface area contributed by atoms with Crippen LogP contribution in [0, 0.1) is 10.1 Å². The summed E-state index contributed by atoms with van der Waals surface area (Å²) in [6, 6.07) is 0. The molecule has 0 aliphatic heterocycles. The molecule has 0 saturated heterocycles. The zero-order valence-electron chi connectivity index (χ0n) is 6.90. The number of nitrogens with one attached hydrogen (secondary N) is 1. The van der Waals surface area contributed by atoms with Gasteiger partial charge < -0.3 is 4.98 Å². The van der Waals surface area contributed by atoms with E-state index >= 15 is 0 Å². The number of nitro groups is 1. The number of halogens is 1. The Labute approximate surface area is 83.1 Å². The van der Waals surface area contributed by atoms with E-state index in [1.165, 1.54) is 12.5 Å². The van der Waals surface area contributed by atoms with Crippen LogP contribution in [0.2, 0.25) is 5.15 Å². The zero-order chi connectivity index (χ0) is 10.1. The van der Waals surface area contributed by atoms with Gasteiger partial charge in [0.15, 0.2) is 0 Å². The molecule has 0 aliphatic carbocycles. The predicted molar refractivity (Wildman–Crippen MR) is 49.6 cm³/mol. The third-order valence-corrected chi connectivity index (χ3v) is 2.09. The Balaban J connectivity index is 2.61. The summed E-state index contributed by atoms with van der Waals surface area (Å²) in [6.07, 6.45) is 2.82. The van der Waals surface area contributed by atoms with Crippen LogP contribution in [-0.4, -0.2) is 19.9 Å². The Bertz CT molecular complexity index is 495. The number of hydrogen-bond donors (Lipinski definition) is 1. The second-order valence-electron chi connectivity index (χ2n) is 2.69. The molecule has 2 aromatic heterocycles. The molecule has 7 heteroatoms. The zero-order valence-corrected chi connectivity index (χ0v) is 7.65. The number of aromatic amines is 1. The van der Waals surface area contributed by atoms with Crippen LogP contribution in [0.15, 0.2) is 12.5 Å². The van der Waals surface area contributed by atoms with E-state index in [1.54, 1.807) is 0 Å². The minimum atomic E-state index is -0.425. The van der Waals surface area contributed by atoms with E-state index in [0.29, 0.717) is 16.6 Å². The summed E-state index contributed by atoms with van der Waals surface area (Å²) >= 11 is 5.79. The molecule has 0 amide bonds. The van der Waals surface area contributed by atoms with E-state index in [0.717, 1.165) is 0 Å². The maximum atomic E-state index is 10.3. The van der Waals surface area contributed by atoms with E-state index in [4.69, 9.17) is 11.6 Å². The molecular formula is C7H5ClN4O2. The molecular weight excluding hydrogens is 208 g/mol. The monoisotopic (exact) mass is 212 g/mol. The molecule has 0 aromatic carbocycles. The first-order chi connectivity index (χ1) is 6.68. The first-order valence-electron chi connectivity index (χ1n) is 3.76. The van der Waals surface area contributed by atoms with Gasteiger partial charge in [0, 0.05) is 11.1 Å². The quantitative estimate of drug-likeness (QED) is 0.463. The van der Waals surface area contributed by atoms with Crippen molar-refractivity contribution in [2.24, 2.45) is 0 Å². The Kier molecular flexibility index (Phi) is 2.05. The molecule has 0 atom stereocenters. The van der Waals surface area contributed by atoms with Gasteiger partial charge in [0.1, 0.15) is 17.1 Å². The number of nitrogens with zero attached hydrogens (tertiary/aromatic N) is 3. The summed E-state index contributed by atoms with van der Waals surface area (Å²) < 4.78 is 0. The Morgan fingerprint density at radius 3 is 3.07 bits per heavy atom. The summed E-state index contributed by atoms with van der Waals surface area (Å²) in [5.41, 5.74) is 1.01. The topological polar surface area (TPSA) is 84.7 Å². The molecule has 6 nitrogen and oxygen atoms in total. The van der Waals surface area contributed by atoms with Crippen LogP contribution >= 0.6 is 11.6 Å². The van der Waals surface area contributed by atoms with Crippen LogP contribution in [-0.2, 0) is 6.54 Å². The Morgan fingerprint density at radius 1 is 1.57 bits per heavy atom. The van der Waals surface area contributed by atoms with E-state index < -0.39 is 4.92 Å². The smallest absolute Gasteiger partial charge is 0.231 e. The van der Waals surface area contributed by atoms with Crippen LogP contribution in [0.1, 0.15) is 5.56 Å². The molecule has 0 fully saturated rings. The lowest BCUT2D eigenvalue weighted by Crippen LogP contribution is -1.97. The van der Waals surface area contributed by atoms with Gasteiger partial charge in [-0.1, -0.05) is 11.6 Å². The predicted octanol–water partition coefficient (Wildman–Crippen LogP) is 1.39. The summed E-state index contributed by atoms with van der Waals surface area (Å²) in [7, 11) is 0. The van der Waals surface area contributed by atoms with Crippen molar-refractivity contribution >= 4 is 22.6 Å². The highest BCUT2D eigenvalue weighted by Gasteiger charge is 2.13. The third kappa shape index (κ3) is 1.39. The molecule has 0 radical (unpaired) electrons. The molecule has 2 heterocycles. The average Bonchev–Trinajstić information content (AvgIpc) is 2.49. The van der Waals surface area contributed by atoms with Gasteiger partial charge in [-0.25, -0.2) is 9.97 Å². The lowest BCUT2D eigenvalue weighted by atomic mass is 10.2. The second-order valence-corrected chi connectivity index (χ2v) is 3.05. The maximum absolute atomic E-state index is 10.3. The van der Waals surface area contributed by atoms with Gasteiger partial charge in [-0.15, -0.1) is 0 Å². The van der Waals surface area contributed by atoms with E-state index in [2.05, 4.69) is 15.0 Å². The van der Waals surface area contributed by atoms with E-state index in [9.17, 15) is 10.1 Å². The fourth-order valence-corrected chi connectivity index (χ4v) is 1.50. The lowest BCUT2D eigenvalue weighted by molar-refractivity contribution is -0.496. The van der Waals surface area contributed by atoms with Crippen molar-refractivity contribution in [2.45, 2.75) is 6.54 Å². The Hall–Kier alpha value is -1.69. The molecule has 0 unspecified atom stereocenters. The van der Waals surface area contributed by atoms with Gasteiger partial charge in [0.2, 0.25) is 6.54 Å². The molecule has 0 bridgehead atoms. The van der Waals surface area contributed by atoms with Gasteiger partial charge in [0.25, 0.3) is 0 Å². The number of hydrogen-bond acceptors (Lipinski definition) is 4. The SMILES string of the molecule is O=[N+]([O-])Cc1c[nH]c2ncnc(Cl)c12. The number of fused-ring (bicyclic) bond motifs is 1. The van der Waals surface area contributed by atoms with Crippen molar-refractivity contribution in [3.05, 3.63) is 33.4 Å². The van der Waals surface area contributed by atoms with Crippen LogP contribution in [0.5, 0.6) is 0 Å². The normalized spacial score (nSPS) is 10.6. The molecule has 0 aliphatic rings. The molecule has 0 spiro atoms. The summed E-state index contributed by atoms with van der Waals surface area (Å²) in [6.45, 7) is -0.285. The van der Waals surface area contributed by atoms with Crippen molar-refractivity contribution in [3.8, 4) is 0 Å². The summed E-state index contributed by atoms with van der Waals surface area (Å²) in [4.78, 5) is 20.4. The minimum absolute atomic E-state index is 0.230. The molecule has 0 saturated carbocycles. The van der Waals surface area contributed by atoms with Crippen molar-refractivity contribution in [2.75, 3.05) is 0 Å². The van der Waals surface area contributed by atoms with Crippen LogP contribution in [0.3, 0.4) is 0 Å². The largest absolute Gasteiger partial charge is 0.345 e. The number of H-pyrrole nitrogens is 1. The highest BCUT2D eigenvalue weighted by molar-refractivity contribution is 6.34. The van der Waals surface area contributed by atoms with E-state index in [-0.39, 0.29) is 11.7 Å². The second kappa shape index (κ2) is 3.22. The molecule has 2 rings (SSSR count). The minimum Gasteiger partial charge on any atom is -0.345 e. The van der Waals surface area contributed by atoms with Crippen LogP contribution in [0.25, 0.3) is 11.0 Å². The van der Waals surface area contributed by atoms with Crippen molar-refractivity contribution in [1.82, 2.24) is 15.0 Å². The summed E-state index contributed by atoms with van der Waals surface area (Å²) in [5, 5.41) is 11.1. The van der Waals surface area contributed by atoms with Crippen molar-refractivity contribution < 1.29 is 4.92 Å². The van der Waals surface area contributed by atoms with Crippen molar-refractivity contribution in [1.29, 1.82) is 0 Å². The first kappa shape index (κ1) is 8.89. The van der Waals surface area contributed by atoms with Gasteiger partial charge in [0.05, 0.1) is 10.9 Å². The third-order valence-electron chi connectivity index (χ3n) is 1.80. The van der Waals surface area contributed by atoms with Gasteiger partial charge >= 0.3 is 0 Å². The fraction of sp³-hybridized carbons (Fsp3) is 0.143. The number of rotatable bonds is 2. The van der Waals surface area contributed by atoms with Gasteiger partial charge in [-0.2, -0.15) is 0 Å². The van der Waals surface area contributed by atoms with Crippen LogP contribution < -0.4 is 0 Å². The molecule has 72 valence electrons. The number of aromatic nitrogens is 3. The van der Waals surface area contributed by atoms with Gasteiger partial charge in [-0.3, -0.25) is 10.1 Å². The molecule has 14 heavy (non-hydrogen) atoms. The first-order valence-corrected chi connectivity index (χ1v) is 4.14. The van der Waals surface area contributed by atoms with Gasteiger partial charge in [-0.05, 0) is 0 Å². The summed E-state index contributed by atoms with van der Waals surface area (Å²) in [5.74, 6) is 0. The van der Waals surface area contributed by atoms with Crippen molar-refractivity contribution in [3.63, 3.8) is 0 Å². The fourth-order valence-electron chi connectivity index (χ4n) is 1.25.